The molecule has 1 aromatic carbocycles. The molecular formula is C18H21N3O. The van der Waals surface area contributed by atoms with Crippen molar-refractivity contribution in [3.8, 4) is 0 Å². The molecule has 0 fully saturated rings. The number of hydrogen-bond donors (Lipinski definition) is 0. The summed E-state index contributed by atoms with van der Waals surface area (Å²) < 4.78 is 1.43. The maximum absolute atomic E-state index is 11.7. The molecule has 0 unspecified atom stereocenters. The summed E-state index contributed by atoms with van der Waals surface area (Å²) in [7, 11) is 1.71. The molecule has 0 bridgehead atoms. The van der Waals surface area contributed by atoms with Gasteiger partial charge in [-0.25, -0.2) is 4.68 Å². The Morgan fingerprint density at radius 3 is 2.86 bits per heavy atom. The molecule has 3 rings (SSSR count). The largest absolute Gasteiger partial charge is 0.295 e. The fourth-order valence-corrected chi connectivity index (χ4v) is 2.92. The Kier molecular flexibility index (Phi) is 4.20. The first kappa shape index (κ1) is 14.7. The number of hydrogen-bond acceptors (Lipinski definition) is 3. The fourth-order valence-electron chi connectivity index (χ4n) is 2.92. The molecule has 0 N–H and O–H groups in total. The van der Waals surface area contributed by atoms with Gasteiger partial charge in [-0.2, -0.15) is 5.10 Å². The van der Waals surface area contributed by atoms with E-state index in [2.05, 4.69) is 47.3 Å². The molecule has 0 atom stereocenters. The summed E-state index contributed by atoms with van der Waals surface area (Å²) in [6.07, 6.45) is 3.12. The zero-order chi connectivity index (χ0) is 15.5. The Hall–Kier alpha value is -2.20. The van der Waals surface area contributed by atoms with Crippen molar-refractivity contribution in [2.45, 2.75) is 19.9 Å². The lowest BCUT2D eigenvalue weighted by Crippen LogP contribution is -2.35. The molecule has 0 spiro atoms. The van der Waals surface area contributed by atoms with E-state index in [4.69, 9.17) is 0 Å². The number of aromatic nitrogens is 2. The minimum Gasteiger partial charge on any atom is -0.295 e. The van der Waals surface area contributed by atoms with Crippen LogP contribution in [0.1, 0.15) is 23.7 Å². The van der Waals surface area contributed by atoms with Crippen molar-refractivity contribution in [3.05, 3.63) is 69.1 Å². The molecule has 22 heavy (non-hydrogen) atoms. The average Bonchev–Trinajstić information content (AvgIpc) is 2.49. The minimum absolute atomic E-state index is 0.0304. The molecule has 4 heteroatoms. The number of aryl methyl sites for hydroxylation is 1. The van der Waals surface area contributed by atoms with Gasteiger partial charge >= 0.3 is 0 Å². The van der Waals surface area contributed by atoms with E-state index in [1.165, 1.54) is 15.8 Å². The summed E-state index contributed by atoms with van der Waals surface area (Å²) in [6.45, 7) is 4.87. The summed E-state index contributed by atoms with van der Waals surface area (Å²) in [4.78, 5) is 14.1. The first-order chi connectivity index (χ1) is 10.6. The molecule has 4 nitrogen and oxygen atoms in total. The minimum atomic E-state index is -0.0304. The average molecular weight is 295 g/mol. The number of benzene rings is 1. The van der Waals surface area contributed by atoms with Gasteiger partial charge in [0.15, 0.2) is 0 Å². The van der Waals surface area contributed by atoms with Gasteiger partial charge in [0.2, 0.25) is 0 Å². The van der Waals surface area contributed by atoms with Gasteiger partial charge in [-0.05, 0) is 18.1 Å². The summed E-state index contributed by atoms with van der Waals surface area (Å²) in [6, 6.07) is 12.1. The van der Waals surface area contributed by atoms with Crippen LogP contribution in [0.15, 0.2) is 46.8 Å². The van der Waals surface area contributed by atoms with Crippen molar-refractivity contribution in [1.82, 2.24) is 14.7 Å². The Bertz CT molecular complexity index is 747. The number of nitrogens with zero attached hydrogens (tertiary/aromatic N) is 3. The normalized spacial score (nSPS) is 15.6. The second kappa shape index (κ2) is 6.28. The van der Waals surface area contributed by atoms with Crippen molar-refractivity contribution in [2.24, 2.45) is 7.05 Å². The van der Waals surface area contributed by atoms with Crippen LogP contribution >= 0.6 is 0 Å². The smallest absolute Gasteiger partial charge is 0.266 e. The monoisotopic (exact) mass is 295 g/mol. The molecule has 2 heterocycles. The number of fused-ring (bicyclic) bond motifs is 1. The highest BCUT2D eigenvalue weighted by Crippen LogP contribution is 2.17. The summed E-state index contributed by atoms with van der Waals surface area (Å²) in [5.41, 5.74) is 4.65. The van der Waals surface area contributed by atoms with Crippen molar-refractivity contribution >= 4 is 6.08 Å². The van der Waals surface area contributed by atoms with Crippen LogP contribution < -0.4 is 5.56 Å². The molecule has 0 aliphatic carbocycles. The third-order valence-corrected chi connectivity index (χ3v) is 4.00. The highest BCUT2D eigenvalue weighted by Gasteiger charge is 2.18. The third-order valence-electron chi connectivity index (χ3n) is 4.00. The van der Waals surface area contributed by atoms with Crippen LogP contribution in [0, 0.1) is 0 Å². The molecule has 0 amide bonds. The fraction of sp³-hybridized carbons (Fsp3) is 0.333. The van der Waals surface area contributed by atoms with Gasteiger partial charge in [0.1, 0.15) is 0 Å². The molecule has 1 aliphatic heterocycles. The van der Waals surface area contributed by atoms with Gasteiger partial charge in [-0.15, -0.1) is 0 Å². The molecule has 1 aromatic heterocycles. The molecule has 0 saturated carbocycles. The van der Waals surface area contributed by atoms with Crippen LogP contribution in [0.25, 0.3) is 6.08 Å². The van der Waals surface area contributed by atoms with Gasteiger partial charge in [0.05, 0.1) is 5.69 Å². The van der Waals surface area contributed by atoms with E-state index in [9.17, 15) is 4.79 Å². The van der Waals surface area contributed by atoms with Gasteiger partial charge in [0, 0.05) is 39.2 Å². The standard InChI is InChI=1S/C18H21N3O/c1-14(10-15-6-4-3-5-7-15)12-21-9-8-17-16(13-21)11-18(22)20(2)19-17/h3-7,10-11H,8-9,12-13H2,1-2H3. The van der Waals surface area contributed by atoms with Gasteiger partial charge in [-0.3, -0.25) is 9.69 Å². The number of rotatable bonds is 3. The van der Waals surface area contributed by atoms with E-state index in [0.717, 1.165) is 37.3 Å². The van der Waals surface area contributed by atoms with Crippen LogP contribution in [0.3, 0.4) is 0 Å². The van der Waals surface area contributed by atoms with Crippen molar-refractivity contribution < 1.29 is 0 Å². The Morgan fingerprint density at radius 1 is 1.32 bits per heavy atom. The van der Waals surface area contributed by atoms with Gasteiger partial charge in [0.25, 0.3) is 5.56 Å². The van der Waals surface area contributed by atoms with E-state index in [-0.39, 0.29) is 5.56 Å². The quantitative estimate of drug-likeness (QED) is 0.871. The van der Waals surface area contributed by atoms with Crippen LogP contribution in [0.4, 0.5) is 0 Å². The zero-order valence-electron chi connectivity index (χ0n) is 13.1. The second-order valence-corrected chi connectivity index (χ2v) is 5.94. The summed E-state index contributed by atoms with van der Waals surface area (Å²) >= 11 is 0. The van der Waals surface area contributed by atoms with Crippen LogP contribution in [0.5, 0.6) is 0 Å². The molecular weight excluding hydrogens is 274 g/mol. The van der Waals surface area contributed by atoms with Crippen molar-refractivity contribution in [2.75, 3.05) is 13.1 Å². The van der Waals surface area contributed by atoms with Gasteiger partial charge in [-0.1, -0.05) is 42.0 Å². The predicted molar refractivity (Wildman–Crippen MR) is 88.6 cm³/mol. The lowest BCUT2D eigenvalue weighted by molar-refractivity contribution is 0.271. The highest BCUT2D eigenvalue weighted by molar-refractivity contribution is 5.52. The molecule has 1 aliphatic rings. The third kappa shape index (κ3) is 3.34. The Balaban J connectivity index is 1.71. The van der Waals surface area contributed by atoms with E-state index in [0.29, 0.717) is 0 Å². The Labute approximate surface area is 130 Å². The lowest BCUT2D eigenvalue weighted by atomic mass is 10.1. The maximum Gasteiger partial charge on any atom is 0.266 e. The SMILES string of the molecule is CC(=Cc1ccccc1)CN1CCc2nn(C)c(=O)cc2C1. The van der Waals surface area contributed by atoms with E-state index >= 15 is 0 Å². The summed E-state index contributed by atoms with van der Waals surface area (Å²) in [5, 5.41) is 4.36. The van der Waals surface area contributed by atoms with Crippen LogP contribution in [-0.2, 0) is 20.0 Å². The second-order valence-electron chi connectivity index (χ2n) is 5.94. The van der Waals surface area contributed by atoms with Crippen LogP contribution in [0.2, 0.25) is 0 Å². The van der Waals surface area contributed by atoms with E-state index in [1.807, 2.05) is 6.07 Å². The van der Waals surface area contributed by atoms with Crippen LogP contribution in [-0.4, -0.2) is 27.8 Å². The first-order valence-electron chi connectivity index (χ1n) is 7.62. The highest BCUT2D eigenvalue weighted by atomic mass is 16.1. The van der Waals surface area contributed by atoms with E-state index in [1.54, 1.807) is 13.1 Å². The molecule has 0 saturated heterocycles. The lowest BCUT2D eigenvalue weighted by Gasteiger charge is -2.28. The summed E-state index contributed by atoms with van der Waals surface area (Å²) in [5.74, 6) is 0. The molecule has 2 aromatic rings. The molecule has 114 valence electrons. The Morgan fingerprint density at radius 2 is 2.09 bits per heavy atom. The molecule has 0 radical (unpaired) electrons. The predicted octanol–water partition coefficient (Wildman–Crippen LogP) is 2.24. The van der Waals surface area contributed by atoms with Gasteiger partial charge < -0.3 is 0 Å². The van der Waals surface area contributed by atoms with E-state index < -0.39 is 0 Å². The first-order valence-corrected chi connectivity index (χ1v) is 7.62. The van der Waals surface area contributed by atoms with Crippen molar-refractivity contribution in [3.63, 3.8) is 0 Å². The topological polar surface area (TPSA) is 38.1 Å². The maximum atomic E-state index is 11.7. The zero-order valence-corrected chi connectivity index (χ0v) is 13.1. The van der Waals surface area contributed by atoms with Crippen molar-refractivity contribution in [1.29, 1.82) is 0 Å².